The summed E-state index contributed by atoms with van der Waals surface area (Å²) in [6.45, 7) is 3.63. The van der Waals surface area contributed by atoms with Gasteiger partial charge >= 0.3 is 0 Å². The topological polar surface area (TPSA) is 83.4 Å². The molecule has 0 aliphatic rings. The molecule has 6 nitrogen and oxygen atoms in total. The van der Waals surface area contributed by atoms with Crippen molar-refractivity contribution in [2.75, 3.05) is 10.6 Å². The first kappa shape index (κ1) is 23.2. The number of benzene rings is 2. The van der Waals surface area contributed by atoms with Crippen molar-refractivity contribution >= 4 is 58.2 Å². The van der Waals surface area contributed by atoms with Gasteiger partial charge < -0.3 is 15.1 Å². The molecule has 2 aromatic carbocycles. The van der Waals surface area contributed by atoms with E-state index in [1.54, 1.807) is 48.5 Å². The van der Waals surface area contributed by atoms with Crippen molar-refractivity contribution in [1.82, 2.24) is 5.32 Å². The van der Waals surface area contributed by atoms with Crippen LogP contribution in [0.1, 0.15) is 19.6 Å². The number of carbonyl (C=O) groups is 2. The fraction of sp³-hybridized carbons (Fsp3) is 0.125. The number of halogens is 1. The highest BCUT2D eigenvalue weighted by atomic mass is 35.5. The zero-order valence-electron chi connectivity index (χ0n) is 17.5. The van der Waals surface area contributed by atoms with Crippen LogP contribution in [0.3, 0.4) is 0 Å². The molecule has 0 bridgehead atoms. The first-order valence-corrected chi connectivity index (χ1v) is 10.7. The molecule has 0 unspecified atom stereocenters. The van der Waals surface area contributed by atoms with Crippen LogP contribution in [0.15, 0.2) is 71.2 Å². The summed E-state index contributed by atoms with van der Waals surface area (Å²) in [6, 6.07) is 17.9. The predicted molar refractivity (Wildman–Crippen MR) is 132 cm³/mol. The Morgan fingerprint density at radius 2 is 1.69 bits per heavy atom. The Morgan fingerprint density at radius 3 is 2.38 bits per heavy atom. The minimum Gasteiger partial charge on any atom is -0.457 e. The lowest BCUT2D eigenvalue weighted by molar-refractivity contribution is -0.119. The average molecular weight is 468 g/mol. The standard InChI is InChI=1S/C24H22ClN3O3S/c1-15(2)23(30)26-18-4-3-5-19(14-18)27-24(32)28-22(29)13-11-20-10-12-21(31-20)16-6-8-17(25)9-7-16/h3-15H,1-2H3,(H,26,30)(H2,27,28,29,32). The zero-order chi connectivity index (χ0) is 23.1. The molecule has 2 amide bonds. The second-order valence-electron chi connectivity index (χ2n) is 7.21. The maximum absolute atomic E-state index is 12.2. The Hall–Kier alpha value is -3.42. The summed E-state index contributed by atoms with van der Waals surface area (Å²) in [6.07, 6.45) is 2.89. The fourth-order valence-electron chi connectivity index (χ4n) is 2.65. The highest BCUT2D eigenvalue weighted by Gasteiger charge is 2.08. The third-order valence-corrected chi connectivity index (χ3v) is 4.76. The van der Waals surface area contributed by atoms with Gasteiger partial charge in [-0.25, -0.2) is 0 Å². The van der Waals surface area contributed by atoms with Crippen LogP contribution in [0, 0.1) is 5.92 Å². The maximum atomic E-state index is 12.2. The number of nitrogens with one attached hydrogen (secondary N) is 3. The SMILES string of the molecule is CC(C)C(=O)Nc1cccc(NC(=S)NC(=O)C=Cc2ccc(-c3ccc(Cl)cc3)o2)c1. The summed E-state index contributed by atoms with van der Waals surface area (Å²) in [5, 5.41) is 9.09. The van der Waals surface area contributed by atoms with Crippen LogP contribution in [-0.2, 0) is 9.59 Å². The van der Waals surface area contributed by atoms with Crippen molar-refractivity contribution in [2.24, 2.45) is 5.92 Å². The first-order chi connectivity index (χ1) is 15.3. The lowest BCUT2D eigenvalue weighted by atomic mass is 10.2. The number of carbonyl (C=O) groups excluding carboxylic acids is 2. The minimum atomic E-state index is -0.406. The molecule has 0 radical (unpaired) electrons. The molecule has 164 valence electrons. The Morgan fingerprint density at radius 1 is 1.00 bits per heavy atom. The molecule has 3 rings (SSSR count). The van der Waals surface area contributed by atoms with Gasteiger partial charge in [0.2, 0.25) is 11.8 Å². The molecule has 32 heavy (non-hydrogen) atoms. The van der Waals surface area contributed by atoms with Gasteiger partial charge in [0.05, 0.1) is 0 Å². The molecule has 0 atom stereocenters. The predicted octanol–water partition coefficient (Wildman–Crippen LogP) is 5.72. The minimum absolute atomic E-state index is 0.0830. The van der Waals surface area contributed by atoms with Crippen molar-refractivity contribution < 1.29 is 14.0 Å². The maximum Gasteiger partial charge on any atom is 0.250 e. The quantitative estimate of drug-likeness (QED) is 0.319. The fourth-order valence-corrected chi connectivity index (χ4v) is 2.99. The second-order valence-corrected chi connectivity index (χ2v) is 8.06. The molecular formula is C24H22ClN3O3S. The third kappa shape index (κ3) is 6.80. The van der Waals surface area contributed by atoms with Crippen LogP contribution in [-0.4, -0.2) is 16.9 Å². The summed E-state index contributed by atoms with van der Waals surface area (Å²) in [5.74, 6) is 0.577. The Kier molecular flexibility index (Phi) is 7.81. The molecule has 1 heterocycles. The van der Waals surface area contributed by atoms with Crippen molar-refractivity contribution in [2.45, 2.75) is 13.8 Å². The van der Waals surface area contributed by atoms with Gasteiger partial charge in [-0.2, -0.15) is 0 Å². The molecule has 3 aromatic rings. The molecular weight excluding hydrogens is 446 g/mol. The van der Waals surface area contributed by atoms with Crippen LogP contribution in [0.5, 0.6) is 0 Å². The summed E-state index contributed by atoms with van der Waals surface area (Å²) in [5.41, 5.74) is 2.16. The van der Waals surface area contributed by atoms with Crippen molar-refractivity contribution in [3.8, 4) is 11.3 Å². The van der Waals surface area contributed by atoms with Crippen LogP contribution in [0.25, 0.3) is 17.4 Å². The van der Waals surface area contributed by atoms with Gasteiger partial charge in [0.25, 0.3) is 0 Å². The largest absolute Gasteiger partial charge is 0.457 e. The average Bonchev–Trinajstić information content (AvgIpc) is 3.22. The van der Waals surface area contributed by atoms with E-state index in [1.807, 2.05) is 32.0 Å². The monoisotopic (exact) mass is 467 g/mol. The van der Waals surface area contributed by atoms with Gasteiger partial charge in [-0.05, 0) is 72.9 Å². The number of amides is 2. The van der Waals surface area contributed by atoms with E-state index in [-0.39, 0.29) is 16.9 Å². The van der Waals surface area contributed by atoms with E-state index in [0.29, 0.717) is 27.9 Å². The molecule has 8 heteroatoms. The number of thiocarbonyl (C=S) groups is 1. The number of anilines is 2. The lowest BCUT2D eigenvalue weighted by Gasteiger charge is -2.11. The van der Waals surface area contributed by atoms with E-state index in [2.05, 4.69) is 16.0 Å². The van der Waals surface area contributed by atoms with E-state index in [1.165, 1.54) is 6.08 Å². The molecule has 0 saturated carbocycles. The van der Waals surface area contributed by atoms with Gasteiger partial charge in [0.15, 0.2) is 5.11 Å². The third-order valence-electron chi connectivity index (χ3n) is 4.30. The van der Waals surface area contributed by atoms with E-state index >= 15 is 0 Å². The Bertz CT molecular complexity index is 1150. The molecule has 1 aromatic heterocycles. The Balaban J connectivity index is 1.54. The van der Waals surface area contributed by atoms with Crippen molar-refractivity contribution in [3.05, 3.63) is 77.5 Å². The van der Waals surface area contributed by atoms with Crippen LogP contribution in [0.4, 0.5) is 11.4 Å². The van der Waals surface area contributed by atoms with Gasteiger partial charge in [-0.3, -0.25) is 14.9 Å². The first-order valence-electron chi connectivity index (χ1n) is 9.87. The second kappa shape index (κ2) is 10.7. The summed E-state index contributed by atoms with van der Waals surface area (Å²) in [4.78, 5) is 24.0. The summed E-state index contributed by atoms with van der Waals surface area (Å²) >= 11 is 11.1. The molecule has 3 N–H and O–H groups in total. The number of hydrogen-bond donors (Lipinski definition) is 3. The molecule has 0 fully saturated rings. The number of rotatable bonds is 6. The smallest absolute Gasteiger partial charge is 0.250 e. The van der Waals surface area contributed by atoms with Gasteiger partial charge in [0.1, 0.15) is 11.5 Å². The molecule has 0 aliphatic heterocycles. The van der Waals surface area contributed by atoms with Crippen LogP contribution < -0.4 is 16.0 Å². The molecule has 0 spiro atoms. The molecule has 0 saturated heterocycles. The normalized spacial score (nSPS) is 10.9. The van der Waals surface area contributed by atoms with Crippen LogP contribution in [0.2, 0.25) is 5.02 Å². The van der Waals surface area contributed by atoms with Crippen molar-refractivity contribution in [3.63, 3.8) is 0 Å². The lowest BCUT2D eigenvalue weighted by Crippen LogP contribution is -2.32. The van der Waals surface area contributed by atoms with E-state index in [4.69, 9.17) is 28.2 Å². The summed E-state index contributed by atoms with van der Waals surface area (Å²) in [7, 11) is 0. The van der Waals surface area contributed by atoms with E-state index < -0.39 is 5.91 Å². The molecule has 0 aliphatic carbocycles. The zero-order valence-corrected chi connectivity index (χ0v) is 19.1. The number of furan rings is 1. The highest BCUT2D eigenvalue weighted by molar-refractivity contribution is 7.80. The Labute approximate surface area is 196 Å². The van der Waals surface area contributed by atoms with E-state index in [0.717, 1.165) is 5.56 Å². The summed E-state index contributed by atoms with van der Waals surface area (Å²) < 4.78 is 5.73. The van der Waals surface area contributed by atoms with Crippen LogP contribution >= 0.6 is 23.8 Å². The van der Waals surface area contributed by atoms with Crippen molar-refractivity contribution in [1.29, 1.82) is 0 Å². The van der Waals surface area contributed by atoms with Gasteiger partial charge in [-0.1, -0.05) is 31.5 Å². The van der Waals surface area contributed by atoms with E-state index in [9.17, 15) is 9.59 Å². The van der Waals surface area contributed by atoms with Gasteiger partial charge in [-0.15, -0.1) is 0 Å². The van der Waals surface area contributed by atoms with Gasteiger partial charge in [0, 0.05) is 34.0 Å². The highest BCUT2D eigenvalue weighted by Crippen LogP contribution is 2.24. The number of hydrogen-bond acceptors (Lipinski definition) is 4.